The van der Waals surface area contributed by atoms with Gasteiger partial charge in [-0.2, -0.15) is 0 Å². The second-order valence-electron chi connectivity index (χ2n) is 6.22. The molecule has 148 valence electrons. The normalized spacial score (nSPS) is 10.4. The van der Waals surface area contributed by atoms with Crippen LogP contribution >= 0.6 is 0 Å². The topological polar surface area (TPSA) is 80.2 Å². The fourth-order valence-corrected chi connectivity index (χ4v) is 2.55. The average Bonchev–Trinajstić information content (AvgIpc) is 2.74. The largest absolute Gasteiger partial charge is 0.307 e. The van der Waals surface area contributed by atoms with Crippen molar-refractivity contribution in [3.8, 4) is 0 Å². The standard InChI is InChI=1S/C21H17F2N3O3/c22-11-14-1-3-15(4-2-14)19(27)13-26-12-16(5-10-20(26)28)21(29)25-24-18-8-6-17(23)7-9-18/h1-10,12,24H,11,13H2,(H,25,29). The summed E-state index contributed by atoms with van der Waals surface area (Å²) >= 11 is 0. The number of benzene rings is 2. The van der Waals surface area contributed by atoms with Crippen LogP contribution in [0, 0.1) is 5.82 Å². The fraction of sp³-hybridized carbons (Fsp3) is 0.0952. The predicted molar refractivity (Wildman–Crippen MR) is 104 cm³/mol. The van der Waals surface area contributed by atoms with Gasteiger partial charge in [0.2, 0.25) is 0 Å². The zero-order chi connectivity index (χ0) is 20.8. The molecule has 29 heavy (non-hydrogen) atoms. The summed E-state index contributed by atoms with van der Waals surface area (Å²) in [6.07, 6.45) is 1.28. The van der Waals surface area contributed by atoms with Crippen molar-refractivity contribution in [3.05, 3.63) is 99.7 Å². The number of aromatic nitrogens is 1. The number of amides is 1. The molecule has 6 nitrogen and oxygen atoms in total. The van der Waals surface area contributed by atoms with E-state index < -0.39 is 24.0 Å². The Hall–Kier alpha value is -3.81. The van der Waals surface area contributed by atoms with Crippen LogP contribution < -0.4 is 16.4 Å². The number of alkyl halides is 1. The van der Waals surface area contributed by atoms with E-state index in [1.54, 1.807) is 0 Å². The highest BCUT2D eigenvalue weighted by molar-refractivity contribution is 5.96. The molecule has 0 spiro atoms. The van der Waals surface area contributed by atoms with Crippen molar-refractivity contribution >= 4 is 17.4 Å². The van der Waals surface area contributed by atoms with E-state index in [0.29, 0.717) is 16.8 Å². The van der Waals surface area contributed by atoms with E-state index in [0.717, 1.165) is 4.57 Å². The molecular formula is C21H17F2N3O3. The van der Waals surface area contributed by atoms with Gasteiger partial charge in [0.25, 0.3) is 11.5 Å². The van der Waals surface area contributed by atoms with Crippen LogP contribution in [0.15, 0.2) is 71.7 Å². The molecule has 0 radical (unpaired) electrons. The van der Waals surface area contributed by atoms with Gasteiger partial charge in [-0.05, 0) is 35.9 Å². The van der Waals surface area contributed by atoms with Gasteiger partial charge in [-0.15, -0.1) is 0 Å². The van der Waals surface area contributed by atoms with Crippen molar-refractivity contribution in [1.82, 2.24) is 9.99 Å². The second kappa shape index (κ2) is 8.92. The van der Waals surface area contributed by atoms with Crippen molar-refractivity contribution in [1.29, 1.82) is 0 Å². The van der Waals surface area contributed by atoms with Gasteiger partial charge in [-0.1, -0.05) is 24.3 Å². The number of rotatable bonds is 7. The third-order valence-electron chi connectivity index (χ3n) is 4.15. The van der Waals surface area contributed by atoms with Crippen molar-refractivity contribution < 1.29 is 18.4 Å². The maximum absolute atomic E-state index is 12.9. The molecule has 0 bridgehead atoms. The fourth-order valence-electron chi connectivity index (χ4n) is 2.55. The minimum absolute atomic E-state index is 0.153. The Morgan fingerprint density at radius 1 is 0.897 bits per heavy atom. The van der Waals surface area contributed by atoms with Gasteiger partial charge in [0, 0.05) is 17.8 Å². The van der Waals surface area contributed by atoms with Crippen LogP contribution in [-0.4, -0.2) is 16.3 Å². The lowest BCUT2D eigenvalue weighted by atomic mass is 10.1. The number of carbonyl (C=O) groups is 2. The molecule has 1 aromatic heterocycles. The summed E-state index contributed by atoms with van der Waals surface area (Å²) in [4.78, 5) is 36.7. The monoisotopic (exact) mass is 397 g/mol. The van der Waals surface area contributed by atoms with E-state index in [2.05, 4.69) is 10.9 Å². The molecule has 0 fully saturated rings. The number of Topliss-reactive ketones (excluding diaryl/α,β-unsaturated/α-hetero) is 1. The zero-order valence-electron chi connectivity index (χ0n) is 15.2. The third kappa shape index (κ3) is 5.13. The Morgan fingerprint density at radius 3 is 2.21 bits per heavy atom. The van der Waals surface area contributed by atoms with Crippen LogP contribution in [0.25, 0.3) is 0 Å². The Morgan fingerprint density at radius 2 is 1.55 bits per heavy atom. The summed E-state index contributed by atoms with van der Waals surface area (Å²) in [5.74, 6) is -1.29. The van der Waals surface area contributed by atoms with E-state index in [1.165, 1.54) is 66.9 Å². The molecule has 3 aromatic rings. The molecule has 2 aromatic carbocycles. The molecule has 2 N–H and O–H groups in total. The van der Waals surface area contributed by atoms with Crippen molar-refractivity contribution in [2.24, 2.45) is 0 Å². The maximum atomic E-state index is 12.9. The molecule has 0 saturated heterocycles. The number of nitrogens with one attached hydrogen (secondary N) is 2. The molecule has 3 rings (SSSR count). The van der Waals surface area contributed by atoms with Gasteiger partial charge >= 0.3 is 0 Å². The summed E-state index contributed by atoms with van der Waals surface area (Å²) < 4.78 is 26.6. The van der Waals surface area contributed by atoms with Crippen LogP contribution in [0.5, 0.6) is 0 Å². The molecule has 0 aliphatic carbocycles. The SMILES string of the molecule is O=C(Cn1cc(C(=O)NNc2ccc(F)cc2)ccc1=O)c1ccc(CF)cc1. The van der Waals surface area contributed by atoms with Crippen LogP contribution in [0.4, 0.5) is 14.5 Å². The van der Waals surface area contributed by atoms with E-state index in [9.17, 15) is 23.2 Å². The lowest BCUT2D eigenvalue weighted by Crippen LogP contribution is -2.31. The lowest BCUT2D eigenvalue weighted by molar-refractivity contribution is 0.0950. The third-order valence-corrected chi connectivity index (χ3v) is 4.15. The minimum Gasteiger partial charge on any atom is -0.307 e. The number of nitrogens with zero attached hydrogens (tertiary/aromatic N) is 1. The highest BCUT2D eigenvalue weighted by atomic mass is 19.1. The van der Waals surface area contributed by atoms with Gasteiger partial charge in [0.1, 0.15) is 12.5 Å². The first-order chi connectivity index (χ1) is 14.0. The second-order valence-corrected chi connectivity index (χ2v) is 6.22. The Bertz CT molecular complexity index is 1080. The predicted octanol–water partition coefficient (Wildman–Crippen LogP) is 3.10. The van der Waals surface area contributed by atoms with E-state index in [4.69, 9.17) is 0 Å². The molecule has 0 unspecified atom stereocenters. The molecule has 0 saturated carbocycles. The highest BCUT2D eigenvalue weighted by Gasteiger charge is 2.11. The molecule has 1 amide bonds. The Kier molecular flexibility index (Phi) is 6.13. The molecule has 8 heteroatoms. The summed E-state index contributed by atoms with van der Waals surface area (Å²) in [5.41, 5.74) is 6.03. The first-order valence-corrected chi connectivity index (χ1v) is 8.67. The number of ketones is 1. The summed E-state index contributed by atoms with van der Waals surface area (Å²) in [5, 5.41) is 0. The molecule has 1 heterocycles. The van der Waals surface area contributed by atoms with E-state index >= 15 is 0 Å². The minimum atomic E-state index is -0.628. The smallest absolute Gasteiger partial charge is 0.271 e. The van der Waals surface area contributed by atoms with Gasteiger partial charge < -0.3 is 4.57 Å². The van der Waals surface area contributed by atoms with Crippen molar-refractivity contribution in [2.45, 2.75) is 13.2 Å². The summed E-state index contributed by atoms with van der Waals surface area (Å²) in [6.45, 7) is -0.892. The molecule has 0 atom stereocenters. The Balaban J connectivity index is 1.69. The first kappa shape index (κ1) is 19.9. The van der Waals surface area contributed by atoms with Crippen LogP contribution in [0.1, 0.15) is 26.3 Å². The quantitative estimate of drug-likeness (QED) is 0.474. The van der Waals surface area contributed by atoms with Crippen LogP contribution in [-0.2, 0) is 13.2 Å². The number of hydrogen-bond donors (Lipinski definition) is 2. The first-order valence-electron chi connectivity index (χ1n) is 8.67. The number of anilines is 1. The number of pyridine rings is 1. The van der Waals surface area contributed by atoms with Gasteiger partial charge in [-0.3, -0.25) is 25.2 Å². The molecule has 0 aliphatic heterocycles. The van der Waals surface area contributed by atoms with Crippen LogP contribution in [0.3, 0.4) is 0 Å². The van der Waals surface area contributed by atoms with E-state index in [1.807, 2.05) is 0 Å². The number of hydrogen-bond acceptors (Lipinski definition) is 4. The Labute approximate surface area is 164 Å². The van der Waals surface area contributed by atoms with Crippen LogP contribution in [0.2, 0.25) is 0 Å². The van der Waals surface area contributed by atoms with Gasteiger partial charge in [0.05, 0.1) is 17.8 Å². The number of carbonyl (C=O) groups excluding carboxylic acids is 2. The van der Waals surface area contributed by atoms with Crippen molar-refractivity contribution in [2.75, 3.05) is 5.43 Å². The zero-order valence-corrected chi connectivity index (χ0v) is 15.2. The van der Waals surface area contributed by atoms with E-state index in [-0.39, 0.29) is 17.9 Å². The van der Waals surface area contributed by atoms with Gasteiger partial charge in [-0.25, -0.2) is 8.78 Å². The highest BCUT2D eigenvalue weighted by Crippen LogP contribution is 2.09. The number of hydrazine groups is 1. The summed E-state index contributed by atoms with van der Waals surface area (Å²) in [7, 11) is 0. The molecule has 0 aliphatic rings. The molecular weight excluding hydrogens is 380 g/mol. The lowest BCUT2D eigenvalue weighted by Gasteiger charge is -2.10. The van der Waals surface area contributed by atoms with Gasteiger partial charge in [0.15, 0.2) is 5.78 Å². The maximum Gasteiger partial charge on any atom is 0.271 e. The average molecular weight is 397 g/mol. The number of halogens is 2. The summed E-state index contributed by atoms with van der Waals surface area (Å²) in [6, 6.07) is 13.9. The van der Waals surface area contributed by atoms with Crippen molar-refractivity contribution in [3.63, 3.8) is 0 Å².